The molecule has 1 aromatic carbocycles. The molecule has 0 unspecified atom stereocenters. The molecule has 0 aliphatic rings. The van der Waals surface area contributed by atoms with Crippen molar-refractivity contribution in [3.8, 4) is 5.75 Å². The van der Waals surface area contributed by atoms with E-state index in [1.54, 1.807) is 0 Å². The van der Waals surface area contributed by atoms with E-state index in [-0.39, 0.29) is 0 Å². The highest BCUT2D eigenvalue weighted by Crippen LogP contribution is 2.42. The first-order chi connectivity index (χ1) is 7.52. The van der Waals surface area contributed by atoms with Gasteiger partial charge in [0, 0.05) is 0 Å². The molecule has 0 amide bonds. The molecule has 0 aromatic heterocycles. The number of alkyl halides is 6. The van der Waals surface area contributed by atoms with E-state index < -0.39 is 33.2 Å². The fourth-order valence-electron chi connectivity index (χ4n) is 1.01. The maximum Gasteiger partial charge on any atom is 0.573 e. The second-order valence-corrected chi connectivity index (χ2v) is 3.94. The van der Waals surface area contributed by atoms with Gasteiger partial charge in [-0.15, -0.1) is 13.2 Å². The number of benzene rings is 1. The Labute approximate surface area is 104 Å². The quantitative estimate of drug-likeness (QED) is 0.525. The Morgan fingerprint density at radius 2 is 1.53 bits per heavy atom. The topological polar surface area (TPSA) is 9.23 Å². The third-order valence-electron chi connectivity index (χ3n) is 1.56. The van der Waals surface area contributed by atoms with Crippen molar-refractivity contribution in [2.45, 2.75) is 12.5 Å². The SMILES string of the molecule is Fc1ccc(I)c(OC(F)(F)F)c1C(F)(F)F. The Kier molecular flexibility index (Phi) is 3.79. The van der Waals surface area contributed by atoms with Gasteiger partial charge in [0.05, 0.1) is 3.57 Å². The second kappa shape index (κ2) is 4.50. The molecular formula is C8H2F7IO. The number of hydrogen-bond acceptors (Lipinski definition) is 1. The zero-order valence-corrected chi connectivity index (χ0v) is 9.74. The third kappa shape index (κ3) is 3.61. The fraction of sp³-hybridized carbons (Fsp3) is 0.250. The van der Waals surface area contributed by atoms with Crippen molar-refractivity contribution in [3.05, 3.63) is 27.1 Å². The van der Waals surface area contributed by atoms with E-state index >= 15 is 0 Å². The summed E-state index contributed by atoms with van der Waals surface area (Å²) < 4.78 is 88.5. The molecule has 0 saturated heterocycles. The number of ether oxygens (including phenoxy) is 1. The monoisotopic (exact) mass is 374 g/mol. The number of rotatable bonds is 1. The van der Waals surface area contributed by atoms with Gasteiger partial charge in [-0.3, -0.25) is 0 Å². The number of hydrogen-bond donors (Lipinski definition) is 0. The first-order valence-electron chi connectivity index (χ1n) is 3.83. The molecule has 0 heterocycles. The van der Waals surface area contributed by atoms with Crippen LogP contribution in [0.5, 0.6) is 5.75 Å². The lowest BCUT2D eigenvalue weighted by Gasteiger charge is -2.17. The van der Waals surface area contributed by atoms with E-state index in [4.69, 9.17) is 0 Å². The van der Waals surface area contributed by atoms with E-state index in [0.717, 1.165) is 6.07 Å². The lowest BCUT2D eigenvalue weighted by molar-refractivity contribution is -0.276. The minimum atomic E-state index is -5.33. The van der Waals surface area contributed by atoms with Crippen molar-refractivity contribution in [3.63, 3.8) is 0 Å². The van der Waals surface area contributed by atoms with E-state index in [1.807, 2.05) is 0 Å². The van der Waals surface area contributed by atoms with Gasteiger partial charge in [0.2, 0.25) is 0 Å². The van der Waals surface area contributed by atoms with Gasteiger partial charge in [0.25, 0.3) is 0 Å². The van der Waals surface area contributed by atoms with E-state index in [9.17, 15) is 30.7 Å². The van der Waals surface area contributed by atoms with E-state index in [0.29, 0.717) is 6.07 Å². The standard InChI is InChI=1S/C8H2F7IO/c9-3-1-2-4(16)6(17-8(13,14)15)5(3)7(10,11)12/h1-2H. The first-order valence-corrected chi connectivity index (χ1v) is 4.91. The summed E-state index contributed by atoms with van der Waals surface area (Å²) in [7, 11) is 0. The Morgan fingerprint density at radius 1 is 1.00 bits per heavy atom. The summed E-state index contributed by atoms with van der Waals surface area (Å²) in [6.45, 7) is 0. The molecule has 0 bridgehead atoms. The molecule has 17 heavy (non-hydrogen) atoms. The van der Waals surface area contributed by atoms with Crippen LogP contribution in [0.15, 0.2) is 12.1 Å². The van der Waals surface area contributed by atoms with Crippen molar-refractivity contribution in [2.75, 3.05) is 0 Å². The molecule has 9 heteroatoms. The summed E-state index contributed by atoms with van der Waals surface area (Å²) in [6.07, 6.45) is -10.6. The van der Waals surface area contributed by atoms with E-state index in [2.05, 4.69) is 4.74 Å². The van der Waals surface area contributed by atoms with Gasteiger partial charge in [0.15, 0.2) is 5.75 Å². The highest BCUT2D eigenvalue weighted by Gasteiger charge is 2.42. The highest BCUT2D eigenvalue weighted by molar-refractivity contribution is 14.1. The minimum Gasteiger partial charge on any atom is -0.404 e. The van der Waals surface area contributed by atoms with Crippen molar-refractivity contribution in [1.29, 1.82) is 0 Å². The van der Waals surface area contributed by atoms with Crippen LogP contribution in [-0.2, 0) is 6.18 Å². The largest absolute Gasteiger partial charge is 0.573 e. The molecule has 0 N–H and O–H groups in total. The van der Waals surface area contributed by atoms with Gasteiger partial charge in [-0.2, -0.15) is 13.2 Å². The summed E-state index contributed by atoms with van der Waals surface area (Å²) in [5.74, 6) is -3.40. The first kappa shape index (κ1) is 14.3. The average molecular weight is 374 g/mol. The van der Waals surface area contributed by atoms with Gasteiger partial charge in [-0.1, -0.05) is 0 Å². The Morgan fingerprint density at radius 3 is 1.94 bits per heavy atom. The van der Waals surface area contributed by atoms with Crippen LogP contribution in [0, 0.1) is 9.39 Å². The van der Waals surface area contributed by atoms with Crippen LogP contribution >= 0.6 is 22.6 Å². The summed E-state index contributed by atoms with van der Waals surface area (Å²) in [4.78, 5) is 0. The van der Waals surface area contributed by atoms with Gasteiger partial charge in [0.1, 0.15) is 11.4 Å². The fourth-order valence-corrected chi connectivity index (χ4v) is 1.57. The van der Waals surface area contributed by atoms with Gasteiger partial charge < -0.3 is 4.74 Å². The molecular weight excluding hydrogens is 372 g/mol. The van der Waals surface area contributed by atoms with Crippen molar-refractivity contribution in [2.24, 2.45) is 0 Å². The maximum absolute atomic E-state index is 12.9. The van der Waals surface area contributed by atoms with Gasteiger partial charge in [-0.05, 0) is 34.7 Å². The summed E-state index contributed by atoms with van der Waals surface area (Å²) >= 11 is 1.19. The molecule has 0 spiro atoms. The van der Waals surface area contributed by atoms with E-state index in [1.165, 1.54) is 22.6 Å². The Balaban J connectivity index is 3.41. The molecule has 0 fully saturated rings. The summed E-state index contributed by atoms with van der Waals surface area (Å²) in [5.41, 5.74) is -2.07. The normalized spacial score (nSPS) is 12.7. The van der Waals surface area contributed by atoms with Crippen LogP contribution in [0.2, 0.25) is 0 Å². The summed E-state index contributed by atoms with van der Waals surface area (Å²) in [6, 6.07) is 1.18. The predicted molar refractivity (Wildman–Crippen MR) is 50.8 cm³/mol. The molecule has 0 aliphatic heterocycles. The summed E-state index contributed by atoms with van der Waals surface area (Å²) in [5, 5.41) is 0. The van der Waals surface area contributed by atoms with Crippen molar-refractivity contribution >= 4 is 22.6 Å². The van der Waals surface area contributed by atoms with Crippen molar-refractivity contribution < 1.29 is 35.5 Å². The van der Waals surface area contributed by atoms with Crippen LogP contribution < -0.4 is 4.74 Å². The van der Waals surface area contributed by atoms with Crippen LogP contribution in [0.4, 0.5) is 30.7 Å². The molecule has 96 valence electrons. The molecule has 1 rings (SSSR count). The molecule has 0 aliphatic carbocycles. The molecule has 1 aromatic rings. The maximum atomic E-state index is 12.9. The molecule has 0 atom stereocenters. The van der Waals surface area contributed by atoms with Crippen LogP contribution in [0.1, 0.15) is 5.56 Å². The zero-order chi connectivity index (χ0) is 13.4. The predicted octanol–water partition coefficient (Wildman–Crippen LogP) is 4.35. The lowest BCUT2D eigenvalue weighted by Crippen LogP contribution is -2.22. The van der Waals surface area contributed by atoms with Gasteiger partial charge >= 0.3 is 12.5 Å². The molecule has 0 radical (unpaired) electrons. The minimum absolute atomic E-state index is 0.424. The number of halogens is 8. The molecule has 1 nitrogen and oxygen atoms in total. The zero-order valence-electron chi connectivity index (χ0n) is 7.59. The van der Waals surface area contributed by atoms with Crippen LogP contribution in [0.25, 0.3) is 0 Å². The lowest BCUT2D eigenvalue weighted by atomic mass is 10.2. The average Bonchev–Trinajstić information content (AvgIpc) is 2.06. The van der Waals surface area contributed by atoms with Crippen LogP contribution in [0.3, 0.4) is 0 Å². The second-order valence-electron chi connectivity index (χ2n) is 2.78. The Hall–Kier alpha value is -0.740. The van der Waals surface area contributed by atoms with Crippen molar-refractivity contribution in [1.82, 2.24) is 0 Å². The van der Waals surface area contributed by atoms with Crippen LogP contribution in [-0.4, -0.2) is 6.36 Å². The smallest absolute Gasteiger partial charge is 0.404 e. The van der Waals surface area contributed by atoms with Gasteiger partial charge in [-0.25, -0.2) is 4.39 Å². The Bertz CT molecular complexity index is 423. The third-order valence-corrected chi connectivity index (χ3v) is 2.41. The highest BCUT2D eigenvalue weighted by atomic mass is 127. The molecule has 0 saturated carbocycles.